The maximum atomic E-state index is 12.6. The number of nitrogens with one attached hydrogen (secondary N) is 1. The van der Waals surface area contributed by atoms with Gasteiger partial charge in [-0.05, 0) is 26.0 Å². The van der Waals surface area contributed by atoms with Crippen molar-refractivity contribution in [2.24, 2.45) is 7.05 Å². The van der Waals surface area contributed by atoms with Crippen LogP contribution in [0.25, 0.3) is 0 Å². The Morgan fingerprint density at radius 3 is 2.58 bits per heavy atom. The number of anilines is 2. The second-order valence-electron chi connectivity index (χ2n) is 6.18. The van der Waals surface area contributed by atoms with Gasteiger partial charge in [0.1, 0.15) is 5.69 Å². The van der Waals surface area contributed by atoms with E-state index >= 15 is 0 Å². The third-order valence-electron chi connectivity index (χ3n) is 4.53. The Kier molecular flexibility index (Phi) is 4.90. The van der Waals surface area contributed by atoms with Crippen molar-refractivity contribution in [1.29, 1.82) is 0 Å². The van der Waals surface area contributed by atoms with E-state index in [9.17, 15) is 14.9 Å². The van der Waals surface area contributed by atoms with Crippen LogP contribution < -0.4 is 10.2 Å². The van der Waals surface area contributed by atoms with E-state index in [4.69, 9.17) is 4.74 Å². The normalized spacial score (nSPS) is 14.3. The van der Waals surface area contributed by atoms with Crippen molar-refractivity contribution >= 4 is 23.0 Å². The van der Waals surface area contributed by atoms with E-state index < -0.39 is 10.8 Å². The van der Waals surface area contributed by atoms with Crippen molar-refractivity contribution in [3.63, 3.8) is 0 Å². The molecule has 26 heavy (non-hydrogen) atoms. The zero-order chi connectivity index (χ0) is 18.8. The van der Waals surface area contributed by atoms with Crippen molar-refractivity contribution in [2.75, 3.05) is 36.5 Å². The Bertz CT molecular complexity index is 855. The fourth-order valence-electron chi connectivity index (χ4n) is 3.02. The van der Waals surface area contributed by atoms with Crippen LogP contribution in [0.4, 0.5) is 17.1 Å². The molecule has 0 bridgehead atoms. The van der Waals surface area contributed by atoms with E-state index in [-0.39, 0.29) is 11.3 Å². The monoisotopic (exact) mass is 359 g/mol. The van der Waals surface area contributed by atoms with Gasteiger partial charge in [0.2, 0.25) is 0 Å². The molecular weight excluding hydrogens is 338 g/mol. The first-order valence-corrected chi connectivity index (χ1v) is 8.31. The summed E-state index contributed by atoms with van der Waals surface area (Å²) in [5.74, 6) is -0.402. The highest BCUT2D eigenvalue weighted by atomic mass is 16.6. The average Bonchev–Trinajstić information content (AvgIpc) is 2.88. The van der Waals surface area contributed by atoms with Crippen molar-refractivity contribution in [1.82, 2.24) is 9.78 Å². The van der Waals surface area contributed by atoms with E-state index in [0.29, 0.717) is 43.4 Å². The first-order valence-electron chi connectivity index (χ1n) is 8.31. The minimum absolute atomic E-state index is 0.0841. The first kappa shape index (κ1) is 17.9. The zero-order valence-corrected chi connectivity index (χ0v) is 15.0. The lowest BCUT2D eigenvalue weighted by Crippen LogP contribution is -2.36. The van der Waals surface area contributed by atoms with Crippen LogP contribution in [0.2, 0.25) is 0 Å². The largest absolute Gasteiger partial charge is 0.378 e. The van der Waals surface area contributed by atoms with Crippen LogP contribution >= 0.6 is 0 Å². The molecule has 138 valence electrons. The highest BCUT2D eigenvalue weighted by Gasteiger charge is 2.24. The van der Waals surface area contributed by atoms with E-state index in [1.54, 1.807) is 30.8 Å². The van der Waals surface area contributed by atoms with E-state index in [1.165, 1.54) is 6.07 Å². The van der Waals surface area contributed by atoms with Crippen LogP contribution in [0.3, 0.4) is 0 Å². The average molecular weight is 359 g/mol. The number of amides is 1. The van der Waals surface area contributed by atoms with Gasteiger partial charge in [0.25, 0.3) is 11.6 Å². The number of carbonyl (C=O) groups excluding carboxylic acids is 1. The van der Waals surface area contributed by atoms with Gasteiger partial charge in [0.05, 0.1) is 35.2 Å². The Morgan fingerprint density at radius 1 is 1.31 bits per heavy atom. The molecule has 0 saturated carbocycles. The summed E-state index contributed by atoms with van der Waals surface area (Å²) in [6, 6.07) is 4.55. The molecule has 0 spiro atoms. The van der Waals surface area contributed by atoms with Crippen LogP contribution in [0, 0.1) is 24.0 Å². The van der Waals surface area contributed by atoms with Gasteiger partial charge in [0.15, 0.2) is 0 Å². The summed E-state index contributed by atoms with van der Waals surface area (Å²) >= 11 is 0. The summed E-state index contributed by atoms with van der Waals surface area (Å²) in [5.41, 5.74) is 2.78. The summed E-state index contributed by atoms with van der Waals surface area (Å²) < 4.78 is 6.97. The lowest BCUT2D eigenvalue weighted by molar-refractivity contribution is -0.384. The third kappa shape index (κ3) is 3.38. The standard InChI is InChI=1S/C17H21N5O4/c1-11-16(12(2)20(3)19-11)18-17(23)13-4-5-14(15(10-13)22(24)25)21-6-8-26-9-7-21/h4-5,10H,6-9H2,1-3H3,(H,18,23). The number of benzene rings is 1. The van der Waals surface area contributed by atoms with Gasteiger partial charge in [-0.15, -0.1) is 0 Å². The van der Waals surface area contributed by atoms with E-state index in [1.807, 2.05) is 11.8 Å². The summed E-state index contributed by atoms with van der Waals surface area (Å²) in [6.45, 7) is 5.87. The van der Waals surface area contributed by atoms with E-state index in [0.717, 1.165) is 5.69 Å². The van der Waals surface area contributed by atoms with Gasteiger partial charge in [0, 0.05) is 31.8 Å². The lowest BCUT2D eigenvalue weighted by atomic mass is 10.1. The number of aryl methyl sites for hydroxylation is 2. The lowest BCUT2D eigenvalue weighted by Gasteiger charge is -2.28. The van der Waals surface area contributed by atoms with Gasteiger partial charge in [-0.3, -0.25) is 19.6 Å². The molecule has 1 aromatic carbocycles. The molecule has 2 heterocycles. The van der Waals surface area contributed by atoms with Crippen LogP contribution in [0.5, 0.6) is 0 Å². The van der Waals surface area contributed by atoms with Crippen LogP contribution in [0.15, 0.2) is 18.2 Å². The first-order chi connectivity index (χ1) is 12.4. The summed E-state index contributed by atoms with van der Waals surface area (Å²) in [7, 11) is 1.79. The Balaban J connectivity index is 1.89. The minimum atomic E-state index is -0.456. The molecule has 0 radical (unpaired) electrons. The molecule has 0 aliphatic carbocycles. The highest BCUT2D eigenvalue weighted by molar-refractivity contribution is 6.05. The third-order valence-corrected chi connectivity index (χ3v) is 4.53. The van der Waals surface area contributed by atoms with Crippen molar-refractivity contribution < 1.29 is 14.5 Å². The van der Waals surface area contributed by atoms with Crippen molar-refractivity contribution in [2.45, 2.75) is 13.8 Å². The quantitative estimate of drug-likeness (QED) is 0.662. The highest BCUT2D eigenvalue weighted by Crippen LogP contribution is 2.30. The molecule has 1 N–H and O–H groups in total. The van der Waals surface area contributed by atoms with Crippen LogP contribution in [-0.4, -0.2) is 46.9 Å². The second-order valence-corrected chi connectivity index (χ2v) is 6.18. The molecular formula is C17H21N5O4. The minimum Gasteiger partial charge on any atom is -0.378 e. The predicted octanol–water partition coefficient (Wildman–Crippen LogP) is 2.03. The second kappa shape index (κ2) is 7.12. The molecule has 9 heteroatoms. The molecule has 1 aliphatic heterocycles. The number of rotatable bonds is 4. The van der Waals surface area contributed by atoms with E-state index in [2.05, 4.69) is 10.4 Å². The number of morpholine rings is 1. The van der Waals surface area contributed by atoms with Gasteiger partial charge in [-0.25, -0.2) is 0 Å². The molecule has 1 saturated heterocycles. The molecule has 9 nitrogen and oxygen atoms in total. The summed E-state index contributed by atoms with van der Waals surface area (Å²) in [6.07, 6.45) is 0. The number of aromatic nitrogens is 2. The Morgan fingerprint density at radius 2 is 2.00 bits per heavy atom. The number of hydrogen-bond donors (Lipinski definition) is 1. The van der Waals surface area contributed by atoms with Crippen LogP contribution in [-0.2, 0) is 11.8 Å². The summed E-state index contributed by atoms with van der Waals surface area (Å²) in [5, 5.41) is 18.6. The number of hydrogen-bond acceptors (Lipinski definition) is 6. The molecule has 1 aliphatic rings. The fourth-order valence-corrected chi connectivity index (χ4v) is 3.02. The molecule has 0 atom stereocenters. The Labute approximate surface area is 150 Å². The molecule has 1 fully saturated rings. The number of carbonyl (C=O) groups is 1. The van der Waals surface area contributed by atoms with Gasteiger partial charge in [-0.2, -0.15) is 5.10 Å². The molecule has 1 amide bonds. The molecule has 3 rings (SSSR count). The van der Waals surface area contributed by atoms with Gasteiger partial charge in [-0.1, -0.05) is 0 Å². The maximum absolute atomic E-state index is 12.6. The maximum Gasteiger partial charge on any atom is 0.293 e. The zero-order valence-electron chi connectivity index (χ0n) is 15.0. The Hall–Kier alpha value is -2.94. The molecule has 2 aromatic rings. The topological polar surface area (TPSA) is 103 Å². The number of nitro groups is 1. The van der Waals surface area contributed by atoms with Crippen molar-refractivity contribution in [3.05, 3.63) is 45.3 Å². The number of nitro benzene ring substituents is 1. The smallest absolute Gasteiger partial charge is 0.293 e. The van der Waals surface area contributed by atoms with Gasteiger partial charge < -0.3 is 15.0 Å². The number of ether oxygens (including phenoxy) is 1. The fraction of sp³-hybridized carbons (Fsp3) is 0.412. The predicted molar refractivity (Wildman–Crippen MR) is 96.8 cm³/mol. The van der Waals surface area contributed by atoms with Crippen LogP contribution in [0.1, 0.15) is 21.7 Å². The number of nitrogens with zero attached hydrogens (tertiary/aromatic N) is 4. The van der Waals surface area contributed by atoms with Gasteiger partial charge >= 0.3 is 0 Å². The molecule has 0 unspecified atom stereocenters. The molecule has 1 aromatic heterocycles. The SMILES string of the molecule is Cc1nn(C)c(C)c1NC(=O)c1ccc(N2CCOCC2)c([N+](=O)[O-])c1. The summed E-state index contributed by atoms with van der Waals surface area (Å²) in [4.78, 5) is 25.5. The van der Waals surface area contributed by atoms with Crippen molar-refractivity contribution in [3.8, 4) is 0 Å².